The van der Waals surface area contributed by atoms with E-state index >= 15 is 0 Å². The molecule has 0 atom stereocenters. The molecular formula is C7H6IN3O. The van der Waals surface area contributed by atoms with E-state index in [4.69, 9.17) is 4.74 Å². The Hall–Kier alpha value is -0.850. The number of H-pyrrole nitrogens is 1. The lowest BCUT2D eigenvalue weighted by molar-refractivity contribution is 0.413. The van der Waals surface area contributed by atoms with E-state index in [0.717, 1.165) is 20.5 Å². The predicted octanol–water partition coefficient (Wildman–Crippen LogP) is 1.57. The van der Waals surface area contributed by atoms with Gasteiger partial charge in [-0.2, -0.15) is 5.10 Å². The number of methoxy groups -OCH3 is 1. The lowest BCUT2D eigenvalue weighted by Crippen LogP contribution is -1.84. The Morgan fingerprint density at radius 2 is 2.42 bits per heavy atom. The third kappa shape index (κ3) is 1.13. The highest BCUT2D eigenvalue weighted by Crippen LogP contribution is 2.20. The van der Waals surface area contributed by atoms with Gasteiger partial charge in [-0.3, -0.25) is 5.10 Å². The van der Waals surface area contributed by atoms with E-state index in [1.807, 2.05) is 6.07 Å². The molecule has 1 N–H and O–H groups in total. The third-order valence-electron chi connectivity index (χ3n) is 1.57. The summed E-state index contributed by atoms with van der Waals surface area (Å²) in [4.78, 5) is 4.10. The summed E-state index contributed by atoms with van der Waals surface area (Å²) < 4.78 is 6.02. The highest BCUT2D eigenvalue weighted by atomic mass is 127. The first-order valence-electron chi connectivity index (χ1n) is 3.35. The molecule has 0 unspecified atom stereocenters. The van der Waals surface area contributed by atoms with Gasteiger partial charge in [0.2, 0.25) is 0 Å². The van der Waals surface area contributed by atoms with Gasteiger partial charge in [0, 0.05) is 0 Å². The minimum Gasteiger partial charge on any atom is -0.495 e. The standard InChI is InChI=1S/C7H6IN3O/c1-12-4-2-5-6(8)10-11-7(5)9-3-4/h2-3H,1H3,(H,9,10,11). The molecule has 0 aromatic carbocycles. The maximum Gasteiger partial charge on any atom is 0.182 e. The van der Waals surface area contributed by atoms with Crippen molar-refractivity contribution in [2.45, 2.75) is 0 Å². The molecule has 0 radical (unpaired) electrons. The van der Waals surface area contributed by atoms with E-state index in [2.05, 4.69) is 37.8 Å². The Kier molecular flexibility index (Phi) is 1.87. The van der Waals surface area contributed by atoms with Crippen molar-refractivity contribution in [3.8, 4) is 5.75 Å². The van der Waals surface area contributed by atoms with E-state index in [1.54, 1.807) is 13.3 Å². The zero-order valence-corrected chi connectivity index (χ0v) is 8.49. The number of fused-ring (bicyclic) bond motifs is 1. The number of halogens is 1. The van der Waals surface area contributed by atoms with E-state index in [1.165, 1.54) is 0 Å². The van der Waals surface area contributed by atoms with Crippen molar-refractivity contribution >= 4 is 33.6 Å². The van der Waals surface area contributed by atoms with Crippen LogP contribution in [0.2, 0.25) is 0 Å². The van der Waals surface area contributed by atoms with Gasteiger partial charge in [-0.05, 0) is 28.7 Å². The molecule has 0 spiro atoms. The largest absolute Gasteiger partial charge is 0.495 e. The number of aromatic nitrogens is 3. The smallest absolute Gasteiger partial charge is 0.182 e. The second-order valence-electron chi connectivity index (χ2n) is 2.28. The summed E-state index contributed by atoms with van der Waals surface area (Å²) in [5, 5.41) is 7.84. The molecule has 0 saturated carbocycles. The molecule has 5 heteroatoms. The zero-order chi connectivity index (χ0) is 8.55. The van der Waals surface area contributed by atoms with Crippen molar-refractivity contribution in [3.63, 3.8) is 0 Å². The maximum absolute atomic E-state index is 5.04. The van der Waals surface area contributed by atoms with E-state index < -0.39 is 0 Å². The Morgan fingerprint density at radius 1 is 1.58 bits per heavy atom. The van der Waals surface area contributed by atoms with Crippen molar-refractivity contribution in [1.82, 2.24) is 15.2 Å². The fourth-order valence-corrected chi connectivity index (χ4v) is 1.48. The first kappa shape index (κ1) is 7.78. The second-order valence-corrected chi connectivity index (χ2v) is 3.36. The number of ether oxygens (including phenoxy) is 1. The summed E-state index contributed by atoms with van der Waals surface area (Å²) in [6.45, 7) is 0. The molecule has 0 aliphatic carbocycles. The Balaban J connectivity index is 2.71. The van der Waals surface area contributed by atoms with Crippen LogP contribution in [0.4, 0.5) is 0 Å². The molecule has 0 amide bonds. The molecule has 2 aromatic rings. The van der Waals surface area contributed by atoms with Gasteiger partial charge in [-0.1, -0.05) is 0 Å². The van der Waals surface area contributed by atoms with Crippen LogP contribution >= 0.6 is 22.6 Å². The maximum atomic E-state index is 5.04. The van der Waals surface area contributed by atoms with Crippen LogP contribution in [0.15, 0.2) is 12.3 Å². The number of nitrogens with one attached hydrogen (secondary N) is 1. The first-order valence-corrected chi connectivity index (χ1v) is 4.43. The van der Waals surface area contributed by atoms with Crippen molar-refractivity contribution in [1.29, 1.82) is 0 Å². The van der Waals surface area contributed by atoms with Crippen molar-refractivity contribution in [2.24, 2.45) is 0 Å². The lowest BCUT2D eigenvalue weighted by Gasteiger charge is -1.96. The summed E-state index contributed by atoms with van der Waals surface area (Å²) in [6, 6.07) is 1.91. The Bertz CT molecular complexity index is 412. The van der Waals surface area contributed by atoms with Crippen LogP contribution < -0.4 is 4.74 Å². The number of hydrogen-bond acceptors (Lipinski definition) is 3. The highest BCUT2D eigenvalue weighted by molar-refractivity contribution is 14.1. The number of pyridine rings is 1. The molecule has 0 bridgehead atoms. The Morgan fingerprint density at radius 3 is 3.17 bits per heavy atom. The van der Waals surface area contributed by atoms with Crippen molar-refractivity contribution in [3.05, 3.63) is 16.0 Å². The predicted molar refractivity (Wildman–Crippen MR) is 53.2 cm³/mol. The average molecular weight is 275 g/mol. The van der Waals surface area contributed by atoms with Crippen LogP contribution in [0.5, 0.6) is 5.75 Å². The fourth-order valence-electron chi connectivity index (χ4n) is 0.963. The zero-order valence-electron chi connectivity index (χ0n) is 6.34. The normalized spacial score (nSPS) is 10.5. The van der Waals surface area contributed by atoms with Gasteiger partial charge in [0.1, 0.15) is 9.45 Å². The molecule has 0 aliphatic rings. The van der Waals surface area contributed by atoms with E-state index in [9.17, 15) is 0 Å². The van der Waals surface area contributed by atoms with Gasteiger partial charge in [-0.25, -0.2) is 4.98 Å². The van der Waals surface area contributed by atoms with Crippen LogP contribution in [0, 0.1) is 3.70 Å². The molecule has 4 nitrogen and oxygen atoms in total. The van der Waals surface area contributed by atoms with Crippen molar-refractivity contribution < 1.29 is 4.74 Å². The number of hydrogen-bond donors (Lipinski definition) is 1. The molecule has 2 heterocycles. The van der Waals surface area contributed by atoms with Gasteiger partial charge in [0.25, 0.3) is 0 Å². The first-order chi connectivity index (χ1) is 5.81. The van der Waals surface area contributed by atoms with Gasteiger partial charge in [0.05, 0.1) is 18.7 Å². The van der Waals surface area contributed by atoms with Crippen molar-refractivity contribution in [2.75, 3.05) is 7.11 Å². The number of aromatic amines is 1. The minimum atomic E-state index is 0.722. The van der Waals surface area contributed by atoms with Gasteiger partial charge < -0.3 is 4.74 Å². The van der Waals surface area contributed by atoms with Gasteiger partial charge in [-0.15, -0.1) is 0 Å². The molecule has 12 heavy (non-hydrogen) atoms. The molecule has 62 valence electrons. The SMILES string of the molecule is COc1cnc2n[nH]c(I)c2c1. The van der Waals surface area contributed by atoms with Gasteiger partial charge >= 0.3 is 0 Å². The topological polar surface area (TPSA) is 50.8 Å². The summed E-state index contributed by atoms with van der Waals surface area (Å²) in [5.74, 6) is 0.752. The fraction of sp³-hybridized carbons (Fsp3) is 0.143. The highest BCUT2D eigenvalue weighted by Gasteiger charge is 2.03. The Labute approximate surface area is 82.5 Å². The number of nitrogens with zero attached hydrogens (tertiary/aromatic N) is 2. The number of rotatable bonds is 1. The molecule has 0 saturated heterocycles. The second kappa shape index (κ2) is 2.89. The van der Waals surface area contributed by atoms with Crippen LogP contribution in [0.25, 0.3) is 11.0 Å². The van der Waals surface area contributed by atoms with Crippen LogP contribution in [0.1, 0.15) is 0 Å². The summed E-state index contributed by atoms with van der Waals surface area (Å²) >= 11 is 2.17. The molecular weight excluding hydrogens is 269 g/mol. The van der Waals surface area contributed by atoms with E-state index in [-0.39, 0.29) is 0 Å². The molecule has 0 fully saturated rings. The minimum absolute atomic E-state index is 0.722. The monoisotopic (exact) mass is 275 g/mol. The summed E-state index contributed by atoms with van der Waals surface area (Å²) in [5.41, 5.74) is 0.722. The summed E-state index contributed by atoms with van der Waals surface area (Å²) in [7, 11) is 1.62. The van der Waals surface area contributed by atoms with Crippen LogP contribution in [-0.2, 0) is 0 Å². The van der Waals surface area contributed by atoms with Gasteiger partial charge in [0.15, 0.2) is 5.65 Å². The molecule has 0 aliphatic heterocycles. The summed E-state index contributed by atoms with van der Waals surface area (Å²) in [6.07, 6.45) is 1.65. The lowest BCUT2D eigenvalue weighted by atomic mass is 10.3. The quantitative estimate of drug-likeness (QED) is 0.804. The van der Waals surface area contributed by atoms with Crippen LogP contribution in [0.3, 0.4) is 0 Å². The molecule has 2 rings (SSSR count). The third-order valence-corrected chi connectivity index (χ3v) is 2.40. The molecule has 2 aromatic heterocycles. The van der Waals surface area contributed by atoms with E-state index in [0.29, 0.717) is 0 Å². The average Bonchev–Trinajstić information content (AvgIpc) is 2.47. The van der Waals surface area contributed by atoms with Crippen LogP contribution in [-0.4, -0.2) is 22.3 Å².